The van der Waals surface area contributed by atoms with E-state index in [1.54, 1.807) is 13.3 Å². The van der Waals surface area contributed by atoms with Crippen molar-refractivity contribution in [3.63, 3.8) is 0 Å². The summed E-state index contributed by atoms with van der Waals surface area (Å²) in [6, 6.07) is 9.92. The van der Waals surface area contributed by atoms with Gasteiger partial charge < -0.3 is 19.9 Å². The number of rotatable bonds is 5. The van der Waals surface area contributed by atoms with E-state index in [0.717, 1.165) is 35.2 Å². The Kier molecular flexibility index (Phi) is 4.30. The minimum Gasteiger partial charge on any atom is -0.480 e. The summed E-state index contributed by atoms with van der Waals surface area (Å²) >= 11 is 0. The largest absolute Gasteiger partial charge is 0.480 e. The molecule has 1 aliphatic rings. The lowest BCUT2D eigenvalue weighted by atomic mass is 10.0. The third kappa shape index (κ3) is 3.13. The van der Waals surface area contributed by atoms with Crippen LogP contribution < -0.4 is 10.1 Å². The molecule has 0 aliphatic carbocycles. The first-order valence-electron chi connectivity index (χ1n) is 8.58. The van der Waals surface area contributed by atoms with Crippen molar-refractivity contribution in [2.45, 2.75) is 6.54 Å². The zero-order valence-electron chi connectivity index (χ0n) is 14.8. The van der Waals surface area contributed by atoms with E-state index < -0.39 is 0 Å². The Morgan fingerprint density at radius 1 is 1.38 bits per heavy atom. The minimum atomic E-state index is 0.0750. The lowest BCUT2D eigenvalue weighted by Crippen LogP contribution is -2.51. The second-order valence-corrected chi connectivity index (χ2v) is 6.62. The number of hydrogen-bond donors (Lipinski definition) is 2. The first-order valence-corrected chi connectivity index (χ1v) is 8.58. The van der Waals surface area contributed by atoms with Crippen LogP contribution in [0, 0.1) is 5.92 Å². The van der Waals surface area contributed by atoms with Gasteiger partial charge >= 0.3 is 0 Å². The number of nitrogens with zero attached hydrogens (tertiary/aromatic N) is 3. The van der Waals surface area contributed by atoms with Crippen LogP contribution in [0.4, 0.5) is 0 Å². The Hall–Kier alpha value is -2.93. The van der Waals surface area contributed by atoms with E-state index in [1.165, 1.54) is 0 Å². The second-order valence-electron chi connectivity index (χ2n) is 6.62. The molecule has 7 nitrogen and oxygen atoms in total. The standard InChI is InChI=1S/C19H21N5O2/c1-24-10-13(11-24)18(25)21-9-17-20-8-16(22-17)14-7-12-5-3-4-6-15(12)23-19(14)26-2/h3-8,13H,9-11H2,1-2H3,(H,20,22)(H,21,25). The number of carbonyl (C=O) groups is 1. The fourth-order valence-electron chi connectivity index (χ4n) is 3.22. The molecule has 2 N–H and O–H groups in total. The van der Waals surface area contributed by atoms with Crippen LogP contribution in [0.1, 0.15) is 5.82 Å². The summed E-state index contributed by atoms with van der Waals surface area (Å²) in [6.45, 7) is 2.01. The Morgan fingerprint density at radius 2 is 2.19 bits per heavy atom. The third-order valence-corrected chi connectivity index (χ3v) is 4.67. The van der Waals surface area contributed by atoms with Gasteiger partial charge in [0.1, 0.15) is 5.82 Å². The number of H-pyrrole nitrogens is 1. The van der Waals surface area contributed by atoms with Crippen LogP contribution in [0.15, 0.2) is 36.5 Å². The van der Waals surface area contributed by atoms with Crippen molar-refractivity contribution in [3.05, 3.63) is 42.4 Å². The van der Waals surface area contributed by atoms with Gasteiger partial charge in [-0.2, -0.15) is 0 Å². The van der Waals surface area contributed by atoms with Crippen molar-refractivity contribution in [1.82, 2.24) is 25.2 Å². The van der Waals surface area contributed by atoms with Gasteiger partial charge in [0.15, 0.2) is 0 Å². The molecule has 134 valence electrons. The Labute approximate surface area is 151 Å². The fraction of sp³-hybridized carbons (Fsp3) is 0.316. The van der Waals surface area contributed by atoms with Gasteiger partial charge in [-0.05, 0) is 19.2 Å². The van der Waals surface area contributed by atoms with E-state index in [9.17, 15) is 4.79 Å². The molecule has 7 heteroatoms. The molecule has 26 heavy (non-hydrogen) atoms. The van der Waals surface area contributed by atoms with Crippen molar-refractivity contribution in [2.75, 3.05) is 27.2 Å². The number of likely N-dealkylation sites (tertiary alicyclic amines) is 1. The van der Waals surface area contributed by atoms with Gasteiger partial charge in [-0.1, -0.05) is 18.2 Å². The van der Waals surface area contributed by atoms with Crippen molar-refractivity contribution < 1.29 is 9.53 Å². The molecule has 0 unspecified atom stereocenters. The second kappa shape index (κ2) is 6.76. The topological polar surface area (TPSA) is 83.1 Å². The number of hydrogen-bond acceptors (Lipinski definition) is 5. The van der Waals surface area contributed by atoms with Crippen LogP contribution in [0.3, 0.4) is 0 Å². The highest BCUT2D eigenvalue weighted by Gasteiger charge is 2.29. The number of amides is 1. The van der Waals surface area contributed by atoms with E-state index in [2.05, 4.69) is 25.2 Å². The molecule has 0 atom stereocenters. The number of aromatic nitrogens is 3. The van der Waals surface area contributed by atoms with Crippen molar-refractivity contribution in [1.29, 1.82) is 0 Å². The molecule has 4 rings (SSSR count). The highest BCUT2D eigenvalue weighted by Crippen LogP contribution is 2.30. The van der Waals surface area contributed by atoms with Gasteiger partial charge in [0.2, 0.25) is 11.8 Å². The maximum atomic E-state index is 12.1. The summed E-state index contributed by atoms with van der Waals surface area (Å²) in [5, 5.41) is 3.97. The Morgan fingerprint density at radius 3 is 2.96 bits per heavy atom. The van der Waals surface area contributed by atoms with Crippen LogP contribution in [-0.4, -0.2) is 53.0 Å². The van der Waals surface area contributed by atoms with Gasteiger partial charge in [0.05, 0.1) is 42.5 Å². The van der Waals surface area contributed by atoms with E-state index in [-0.39, 0.29) is 11.8 Å². The van der Waals surface area contributed by atoms with E-state index in [4.69, 9.17) is 4.74 Å². The number of carbonyl (C=O) groups excluding carboxylic acids is 1. The van der Waals surface area contributed by atoms with E-state index in [0.29, 0.717) is 18.2 Å². The number of fused-ring (bicyclic) bond motifs is 1. The summed E-state index contributed by atoms with van der Waals surface area (Å²) in [5.41, 5.74) is 2.54. The smallest absolute Gasteiger partial charge is 0.226 e. The lowest BCUT2D eigenvalue weighted by molar-refractivity contribution is -0.129. The Bertz CT molecular complexity index is 946. The van der Waals surface area contributed by atoms with Crippen molar-refractivity contribution >= 4 is 16.8 Å². The monoisotopic (exact) mass is 351 g/mol. The average molecular weight is 351 g/mol. The summed E-state index contributed by atoms with van der Waals surface area (Å²) in [5.74, 6) is 1.40. The molecule has 1 aliphatic heterocycles. The van der Waals surface area contributed by atoms with Crippen LogP contribution in [0.2, 0.25) is 0 Å². The SMILES string of the molecule is COc1nc2ccccc2cc1-c1cnc(CNC(=O)C2CN(C)C2)[nH]1. The molecule has 0 radical (unpaired) electrons. The lowest BCUT2D eigenvalue weighted by Gasteiger charge is -2.34. The van der Waals surface area contributed by atoms with Crippen molar-refractivity contribution in [3.8, 4) is 17.1 Å². The average Bonchev–Trinajstić information content (AvgIpc) is 3.11. The number of nitrogens with one attached hydrogen (secondary N) is 2. The molecule has 1 fully saturated rings. The Balaban J connectivity index is 1.52. The number of ether oxygens (including phenoxy) is 1. The number of pyridine rings is 1. The molecule has 1 amide bonds. The zero-order valence-corrected chi connectivity index (χ0v) is 14.8. The molecule has 1 saturated heterocycles. The molecule has 3 aromatic rings. The molecular weight excluding hydrogens is 330 g/mol. The quantitative estimate of drug-likeness (QED) is 0.732. The highest BCUT2D eigenvalue weighted by atomic mass is 16.5. The van der Waals surface area contributed by atoms with Gasteiger partial charge in [-0.3, -0.25) is 4.79 Å². The number of imidazole rings is 1. The molecule has 1 aromatic carbocycles. The maximum Gasteiger partial charge on any atom is 0.226 e. The van der Waals surface area contributed by atoms with Crippen LogP contribution in [0.25, 0.3) is 22.2 Å². The summed E-state index contributed by atoms with van der Waals surface area (Å²) < 4.78 is 5.45. The molecule has 3 heterocycles. The summed E-state index contributed by atoms with van der Waals surface area (Å²) in [4.78, 5) is 26.4. The normalized spacial score (nSPS) is 15.0. The first-order chi connectivity index (χ1) is 12.6. The van der Waals surface area contributed by atoms with Crippen LogP contribution >= 0.6 is 0 Å². The first kappa shape index (κ1) is 16.5. The number of methoxy groups -OCH3 is 1. The van der Waals surface area contributed by atoms with E-state index in [1.807, 2.05) is 37.4 Å². The number of para-hydroxylation sites is 1. The molecule has 2 aromatic heterocycles. The van der Waals surface area contributed by atoms with Gasteiger partial charge in [0.25, 0.3) is 0 Å². The fourth-order valence-corrected chi connectivity index (χ4v) is 3.22. The van der Waals surface area contributed by atoms with Crippen LogP contribution in [-0.2, 0) is 11.3 Å². The summed E-state index contributed by atoms with van der Waals surface area (Å²) in [6.07, 6.45) is 1.74. The molecule has 0 saturated carbocycles. The predicted molar refractivity (Wildman–Crippen MR) is 98.7 cm³/mol. The number of aromatic amines is 1. The molecule has 0 spiro atoms. The highest BCUT2D eigenvalue weighted by molar-refractivity contribution is 5.85. The van der Waals surface area contributed by atoms with E-state index >= 15 is 0 Å². The number of benzene rings is 1. The van der Waals surface area contributed by atoms with Gasteiger partial charge in [0, 0.05) is 18.5 Å². The zero-order chi connectivity index (χ0) is 18.1. The van der Waals surface area contributed by atoms with Gasteiger partial charge in [-0.15, -0.1) is 0 Å². The molecule has 0 bridgehead atoms. The maximum absolute atomic E-state index is 12.1. The van der Waals surface area contributed by atoms with Gasteiger partial charge in [-0.25, -0.2) is 9.97 Å². The van der Waals surface area contributed by atoms with Crippen molar-refractivity contribution in [2.24, 2.45) is 5.92 Å². The molecular formula is C19H21N5O2. The third-order valence-electron chi connectivity index (χ3n) is 4.67. The minimum absolute atomic E-state index is 0.0750. The summed E-state index contributed by atoms with van der Waals surface area (Å²) in [7, 11) is 3.61. The predicted octanol–water partition coefficient (Wildman–Crippen LogP) is 1.81. The van der Waals surface area contributed by atoms with Crippen LogP contribution in [0.5, 0.6) is 5.88 Å².